The first-order valence-electron chi connectivity index (χ1n) is 6.53. The Kier molecular flexibility index (Phi) is 3.76. The Hall–Kier alpha value is -1.39. The van der Waals surface area contributed by atoms with Gasteiger partial charge in [-0.15, -0.1) is 0 Å². The maximum Gasteiger partial charge on any atom is 0.137 e. The lowest BCUT2D eigenvalue weighted by Crippen LogP contribution is -2.01. The van der Waals surface area contributed by atoms with Crippen molar-refractivity contribution in [3.05, 3.63) is 63.9 Å². The summed E-state index contributed by atoms with van der Waals surface area (Å²) in [5, 5.41) is 10.3. The van der Waals surface area contributed by atoms with E-state index in [9.17, 15) is 9.50 Å². The van der Waals surface area contributed by atoms with E-state index in [1.54, 1.807) is 12.1 Å². The molecule has 20 heavy (non-hydrogen) atoms. The maximum atomic E-state index is 13.5. The van der Waals surface area contributed by atoms with E-state index in [-0.39, 0.29) is 5.82 Å². The molecule has 1 aliphatic rings. The Morgan fingerprint density at radius 1 is 1.10 bits per heavy atom. The van der Waals surface area contributed by atoms with Crippen molar-refractivity contribution in [1.29, 1.82) is 0 Å². The van der Waals surface area contributed by atoms with E-state index in [0.29, 0.717) is 16.1 Å². The van der Waals surface area contributed by atoms with Gasteiger partial charge in [0.15, 0.2) is 0 Å². The molecule has 1 unspecified atom stereocenters. The molecule has 0 spiro atoms. The SMILES string of the molecule is OC(c1ccc(OC2CC2)cc1)c1ccc(Br)c(F)c1. The van der Waals surface area contributed by atoms with Crippen molar-refractivity contribution >= 4 is 15.9 Å². The Balaban J connectivity index is 1.78. The van der Waals surface area contributed by atoms with Crippen molar-refractivity contribution in [3.63, 3.8) is 0 Å². The highest BCUT2D eigenvalue weighted by Gasteiger charge is 2.23. The highest BCUT2D eigenvalue weighted by atomic mass is 79.9. The first-order valence-corrected chi connectivity index (χ1v) is 7.32. The predicted molar refractivity (Wildman–Crippen MR) is 78.3 cm³/mol. The summed E-state index contributed by atoms with van der Waals surface area (Å²) in [6, 6.07) is 11.9. The molecule has 3 rings (SSSR count). The van der Waals surface area contributed by atoms with Crippen LogP contribution in [0.1, 0.15) is 30.1 Å². The van der Waals surface area contributed by atoms with E-state index in [2.05, 4.69) is 15.9 Å². The largest absolute Gasteiger partial charge is 0.490 e. The standard InChI is InChI=1S/C16H14BrFO2/c17-14-8-3-11(9-15(14)18)16(19)10-1-4-12(5-2-10)20-13-6-7-13/h1-5,8-9,13,16,19H,6-7H2. The zero-order chi connectivity index (χ0) is 14.1. The molecule has 2 aromatic rings. The van der Waals surface area contributed by atoms with Crippen LogP contribution >= 0.6 is 15.9 Å². The molecule has 0 amide bonds. The predicted octanol–water partition coefficient (Wildman–Crippen LogP) is 4.21. The number of hydrogen-bond donors (Lipinski definition) is 1. The summed E-state index contributed by atoms with van der Waals surface area (Å²) in [5.41, 5.74) is 1.25. The van der Waals surface area contributed by atoms with Crippen molar-refractivity contribution in [2.45, 2.75) is 25.0 Å². The zero-order valence-electron chi connectivity index (χ0n) is 10.7. The second kappa shape index (κ2) is 5.54. The van der Waals surface area contributed by atoms with E-state index >= 15 is 0 Å². The van der Waals surface area contributed by atoms with Crippen LogP contribution in [0.2, 0.25) is 0 Å². The summed E-state index contributed by atoms with van der Waals surface area (Å²) in [6.45, 7) is 0. The zero-order valence-corrected chi connectivity index (χ0v) is 12.3. The van der Waals surface area contributed by atoms with Crippen LogP contribution in [0.25, 0.3) is 0 Å². The Bertz CT molecular complexity index is 608. The third-order valence-corrected chi connectivity index (χ3v) is 3.93. The van der Waals surface area contributed by atoms with Gasteiger partial charge in [0.1, 0.15) is 17.7 Å². The van der Waals surface area contributed by atoms with E-state index in [1.165, 1.54) is 6.07 Å². The highest BCUT2D eigenvalue weighted by molar-refractivity contribution is 9.10. The van der Waals surface area contributed by atoms with Gasteiger partial charge in [-0.25, -0.2) is 4.39 Å². The summed E-state index contributed by atoms with van der Waals surface area (Å²) in [5.74, 6) is 0.431. The van der Waals surface area contributed by atoms with Gasteiger partial charge in [0.05, 0.1) is 10.6 Å². The topological polar surface area (TPSA) is 29.5 Å². The van der Waals surface area contributed by atoms with Crippen molar-refractivity contribution in [3.8, 4) is 5.75 Å². The third-order valence-electron chi connectivity index (χ3n) is 3.28. The molecule has 0 heterocycles. The first kappa shape index (κ1) is 13.6. The molecular formula is C16H14BrFO2. The fraction of sp³-hybridized carbons (Fsp3) is 0.250. The smallest absolute Gasteiger partial charge is 0.137 e. The number of aliphatic hydroxyl groups excluding tert-OH is 1. The van der Waals surface area contributed by atoms with Crippen LogP contribution in [0.15, 0.2) is 46.9 Å². The van der Waals surface area contributed by atoms with Gasteiger partial charge in [0, 0.05) is 0 Å². The van der Waals surface area contributed by atoms with Crippen LogP contribution in [-0.2, 0) is 0 Å². The molecule has 2 nitrogen and oxygen atoms in total. The molecule has 1 N–H and O–H groups in total. The monoisotopic (exact) mass is 336 g/mol. The van der Waals surface area contributed by atoms with Gasteiger partial charge in [-0.3, -0.25) is 0 Å². The Labute approximate surface area is 125 Å². The number of hydrogen-bond acceptors (Lipinski definition) is 2. The summed E-state index contributed by atoms with van der Waals surface area (Å²) < 4.78 is 19.5. The second-order valence-corrected chi connectivity index (χ2v) is 5.82. The van der Waals surface area contributed by atoms with Gasteiger partial charge in [-0.1, -0.05) is 18.2 Å². The van der Waals surface area contributed by atoms with Crippen molar-refractivity contribution in [1.82, 2.24) is 0 Å². The Morgan fingerprint density at radius 3 is 2.35 bits per heavy atom. The van der Waals surface area contributed by atoms with Gasteiger partial charge in [0.2, 0.25) is 0 Å². The number of benzene rings is 2. The lowest BCUT2D eigenvalue weighted by molar-refractivity contribution is 0.219. The van der Waals surface area contributed by atoms with Crippen LogP contribution in [-0.4, -0.2) is 11.2 Å². The van der Waals surface area contributed by atoms with Gasteiger partial charge >= 0.3 is 0 Å². The molecule has 0 bridgehead atoms. The first-order chi connectivity index (χ1) is 9.63. The van der Waals surface area contributed by atoms with Crippen molar-refractivity contribution in [2.24, 2.45) is 0 Å². The molecule has 1 saturated carbocycles. The normalized spacial score (nSPS) is 15.9. The minimum absolute atomic E-state index is 0.353. The summed E-state index contributed by atoms with van der Waals surface area (Å²) in [4.78, 5) is 0. The number of aliphatic hydroxyl groups is 1. The quantitative estimate of drug-likeness (QED) is 0.906. The molecule has 104 valence electrons. The molecule has 1 fully saturated rings. The fourth-order valence-corrected chi connectivity index (χ4v) is 2.23. The lowest BCUT2D eigenvalue weighted by Gasteiger charge is -2.13. The van der Waals surface area contributed by atoms with Crippen LogP contribution < -0.4 is 4.74 Å². The highest BCUT2D eigenvalue weighted by Crippen LogP contribution is 2.29. The molecule has 0 aromatic heterocycles. The van der Waals surface area contributed by atoms with Crippen LogP contribution in [0.3, 0.4) is 0 Å². The van der Waals surface area contributed by atoms with E-state index in [4.69, 9.17) is 4.74 Å². The van der Waals surface area contributed by atoms with Crippen LogP contribution in [0, 0.1) is 5.82 Å². The molecule has 1 aliphatic carbocycles. The minimum Gasteiger partial charge on any atom is -0.490 e. The van der Waals surface area contributed by atoms with Gasteiger partial charge < -0.3 is 9.84 Å². The van der Waals surface area contributed by atoms with Gasteiger partial charge in [-0.05, 0) is 64.2 Å². The van der Waals surface area contributed by atoms with E-state index in [0.717, 1.165) is 24.2 Å². The number of ether oxygens (including phenoxy) is 1. The molecule has 0 saturated heterocycles. The average molecular weight is 337 g/mol. The molecule has 2 aromatic carbocycles. The van der Waals surface area contributed by atoms with Gasteiger partial charge in [0.25, 0.3) is 0 Å². The second-order valence-electron chi connectivity index (χ2n) is 4.96. The maximum absolute atomic E-state index is 13.5. The Morgan fingerprint density at radius 2 is 1.75 bits per heavy atom. The summed E-state index contributed by atoms with van der Waals surface area (Å²) in [6.07, 6.45) is 1.74. The molecule has 1 atom stereocenters. The lowest BCUT2D eigenvalue weighted by atomic mass is 10.0. The van der Waals surface area contributed by atoms with Crippen molar-refractivity contribution < 1.29 is 14.2 Å². The number of halogens is 2. The summed E-state index contributed by atoms with van der Waals surface area (Å²) in [7, 11) is 0. The fourth-order valence-electron chi connectivity index (χ4n) is 1.98. The molecule has 0 radical (unpaired) electrons. The number of rotatable bonds is 4. The molecule has 0 aliphatic heterocycles. The van der Waals surface area contributed by atoms with Gasteiger partial charge in [-0.2, -0.15) is 0 Å². The molecular weight excluding hydrogens is 323 g/mol. The summed E-state index contributed by atoms with van der Waals surface area (Å²) >= 11 is 3.10. The minimum atomic E-state index is -0.840. The molecule has 4 heteroatoms. The van der Waals surface area contributed by atoms with E-state index < -0.39 is 6.10 Å². The van der Waals surface area contributed by atoms with Crippen LogP contribution in [0.4, 0.5) is 4.39 Å². The van der Waals surface area contributed by atoms with Crippen LogP contribution in [0.5, 0.6) is 5.75 Å². The average Bonchev–Trinajstić information content (AvgIpc) is 3.26. The van der Waals surface area contributed by atoms with E-state index in [1.807, 2.05) is 24.3 Å². The third kappa shape index (κ3) is 3.02. The van der Waals surface area contributed by atoms with Crippen molar-refractivity contribution in [2.75, 3.05) is 0 Å².